The van der Waals surface area contributed by atoms with Crippen LogP contribution in [0, 0.1) is 6.92 Å². The fourth-order valence-electron chi connectivity index (χ4n) is 2.79. The van der Waals surface area contributed by atoms with E-state index in [1.54, 1.807) is 12.1 Å². The highest BCUT2D eigenvalue weighted by molar-refractivity contribution is 7.89. The van der Waals surface area contributed by atoms with E-state index in [2.05, 4.69) is 5.32 Å². The first-order valence-electron chi connectivity index (χ1n) is 7.25. The summed E-state index contributed by atoms with van der Waals surface area (Å²) in [6, 6.07) is 5.45. The van der Waals surface area contributed by atoms with E-state index in [-0.39, 0.29) is 12.2 Å². The summed E-state index contributed by atoms with van der Waals surface area (Å²) in [7, 11) is -1.62. The highest BCUT2D eigenvalue weighted by Crippen LogP contribution is 2.25. The molecule has 0 bridgehead atoms. The van der Waals surface area contributed by atoms with Crippen LogP contribution < -0.4 is 5.32 Å². The largest absolute Gasteiger partial charge is 0.373 e. The molecule has 6 heteroatoms. The molecule has 2 unspecified atom stereocenters. The number of hydrogen-bond donors (Lipinski definition) is 1. The predicted molar refractivity (Wildman–Crippen MR) is 82.7 cm³/mol. The Hall–Kier alpha value is -0.950. The van der Waals surface area contributed by atoms with Gasteiger partial charge in [-0.3, -0.25) is 0 Å². The molecule has 1 heterocycles. The van der Waals surface area contributed by atoms with Gasteiger partial charge in [-0.15, -0.1) is 0 Å². The minimum atomic E-state index is -3.47. The molecule has 1 aliphatic rings. The second kappa shape index (κ2) is 6.44. The normalized spacial score (nSPS) is 24.2. The molecule has 118 valence electrons. The van der Waals surface area contributed by atoms with Gasteiger partial charge in [0.05, 0.1) is 17.1 Å². The molecule has 0 aliphatic carbocycles. The van der Waals surface area contributed by atoms with Gasteiger partial charge in [0, 0.05) is 19.6 Å². The van der Waals surface area contributed by atoms with Crippen molar-refractivity contribution >= 4 is 10.0 Å². The van der Waals surface area contributed by atoms with E-state index in [0.29, 0.717) is 24.5 Å². The maximum absolute atomic E-state index is 12.9. The third-order valence-corrected chi connectivity index (χ3v) is 5.74. The number of nitrogens with one attached hydrogen (secondary N) is 1. The maximum Gasteiger partial charge on any atom is 0.243 e. The molecule has 1 aromatic carbocycles. The topological polar surface area (TPSA) is 58.6 Å². The van der Waals surface area contributed by atoms with E-state index in [1.807, 2.05) is 33.9 Å². The Kier molecular flexibility index (Phi) is 5.03. The minimum Gasteiger partial charge on any atom is -0.373 e. The lowest BCUT2D eigenvalue weighted by Gasteiger charge is -2.34. The third-order valence-electron chi connectivity index (χ3n) is 3.77. The zero-order valence-electron chi connectivity index (χ0n) is 13.1. The van der Waals surface area contributed by atoms with Gasteiger partial charge in [0.1, 0.15) is 0 Å². The van der Waals surface area contributed by atoms with Gasteiger partial charge in [-0.1, -0.05) is 12.1 Å². The first-order chi connectivity index (χ1) is 9.86. The number of nitrogens with zero attached hydrogens (tertiary/aromatic N) is 1. The summed E-state index contributed by atoms with van der Waals surface area (Å²) < 4.78 is 33.0. The molecular weight excluding hydrogens is 288 g/mol. The van der Waals surface area contributed by atoms with E-state index in [4.69, 9.17) is 4.74 Å². The number of sulfonamides is 1. The Bertz CT molecular complexity index is 591. The molecule has 0 amide bonds. The van der Waals surface area contributed by atoms with Crippen LogP contribution in [0.3, 0.4) is 0 Å². The average Bonchev–Trinajstić information content (AvgIpc) is 2.40. The molecule has 1 N–H and O–H groups in total. The molecule has 2 rings (SSSR count). The molecule has 0 spiro atoms. The van der Waals surface area contributed by atoms with Gasteiger partial charge in [-0.25, -0.2) is 8.42 Å². The molecule has 0 saturated carbocycles. The Morgan fingerprint density at radius 2 is 1.90 bits per heavy atom. The summed E-state index contributed by atoms with van der Waals surface area (Å²) in [6.45, 7) is 7.15. The van der Waals surface area contributed by atoms with E-state index in [1.165, 1.54) is 4.31 Å². The second-order valence-electron chi connectivity index (χ2n) is 5.65. The highest BCUT2D eigenvalue weighted by Gasteiger charge is 2.33. The van der Waals surface area contributed by atoms with E-state index >= 15 is 0 Å². The van der Waals surface area contributed by atoms with E-state index < -0.39 is 10.0 Å². The van der Waals surface area contributed by atoms with E-state index in [9.17, 15) is 8.42 Å². The number of hydrogen-bond acceptors (Lipinski definition) is 4. The van der Waals surface area contributed by atoms with E-state index in [0.717, 1.165) is 11.1 Å². The molecule has 1 aromatic rings. The fourth-order valence-corrected chi connectivity index (χ4v) is 4.65. The van der Waals surface area contributed by atoms with Crippen LogP contribution in [-0.2, 0) is 21.3 Å². The van der Waals surface area contributed by atoms with Crippen molar-refractivity contribution in [3.05, 3.63) is 29.3 Å². The zero-order valence-corrected chi connectivity index (χ0v) is 13.9. The van der Waals surface area contributed by atoms with Crippen LogP contribution in [0.1, 0.15) is 25.0 Å². The molecule has 0 aromatic heterocycles. The number of rotatable bonds is 4. The summed E-state index contributed by atoms with van der Waals surface area (Å²) >= 11 is 0. The van der Waals surface area contributed by atoms with Gasteiger partial charge in [-0.2, -0.15) is 4.31 Å². The van der Waals surface area contributed by atoms with Gasteiger partial charge in [0.15, 0.2) is 0 Å². The number of benzene rings is 1. The third kappa shape index (κ3) is 3.45. The minimum absolute atomic E-state index is 0.0793. The summed E-state index contributed by atoms with van der Waals surface area (Å²) in [5, 5.41) is 3.07. The number of morpholine rings is 1. The SMILES string of the molecule is CNCc1cccc(S(=O)(=O)N2CC(C)OC(C)C2)c1C. The molecule has 1 aliphatic heterocycles. The molecule has 0 radical (unpaired) electrons. The summed E-state index contributed by atoms with van der Waals surface area (Å²) in [5.41, 5.74) is 1.83. The summed E-state index contributed by atoms with van der Waals surface area (Å²) in [6.07, 6.45) is -0.159. The molecule has 1 saturated heterocycles. The van der Waals surface area contributed by atoms with Crippen LogP contribution in [0.25, 0.3) is 0 Å². The van der Waals surface area contributed by atoms with Crippen molar-refractivity contribution in [2.24, 2.45) is 0 Å². The first-order valence-corrected chi connectivity index (χ1v) is 8.69. The Morgan fingerprint density at radius 1 is 1.29 bits per heavy atom. The van der Waals surface area contributed by atoms with Crippen molar-refractivity contribution in [1.29, 1.82) is 0 Å². The van der Waals surface area contributed by atoms with Crippen LogP contribution in [0.2, 0.25) is 0 Å². The van der Waals surface area contributed by atoms with Gasteiger partial charge in [0.2, 0.25) is 10.0 Å². The zero-order chi connectivity index (χ0) is 15.6. The molecular formula is C15H24N2O3S. The van der Waals surface area contributed by atoms with Crippen LogP contribution >= 0.6 is 0 Å². The summed E-state index contributed by atoms with van der Waals surface area (Å²) in [4.78, 5) is 0.400. The van der Waals surface area contributed by atoms with Gasteiger partial charge in [-0.05, 0) is 45.0 Å². The van der Waals surface area contributed by atoms with Crippen molar-refractivity contribution in [2.45, 2.75) is 44.4 Å². The molecule has 2 atom stereocenters. The Balaban J connectivity index is 2.37. The lowest BCUT2D eigenvalue weighted by atomic mass is 10.1. The predicted octanol–water partition coefficient (Wildman–Crippen LogP) is 1.51. The van der Waals surface area contributed by atoms with Crippen molar-refractivity contribution in [3.63, 3.8) is 0 Å². The average molecular weight is 312 g/mol. The first kappa shape index (κ1) is 16.4. The lowest BCUT2D eigenvalue weighted by Crippen LogP contribution is -2.48. The fraction of sp³-hybridized carbons (Fsp3) is 0.600. The van der Waals surface area contributed by atoms with Gasteiger partial charge < -0.3 is 10.1 Å². The van der Waals surface area contributed by atoms with Crippen LogP contribution in [0.5, 0.6) is 0 Å². The van der Waals surface area contributed by atoms with Gasteiger partial charge >= 0.3 is 0 Å². The van der Waals surface area contributed by atoms with Crippen molar-refractivity contribution in [1.82, 2.24) is 9.62 Å². The van der Waals surface area contributed by atoms with Crippen molar-refractivity contribution < 1.29 is 13.2 Å². The molecule has 5 nitrogen and oxygen atoms in total. The maximum atomic E-state index is 12.9. The van der Waals surface area contributed by atoms with Crippen LogP contribution in [0.15, 0.2) is 23.1 Å². The molecule has 1 fully saturated rings. The highest BCUT2D eigenvalue weighted by atomic mass is 32.2. The Morgan fingerprint density at radius 3 is 2.48 bits per heavy atom. The Labute approximate surface area is 127 Å². The van der Waals surface area contributed by atoms with Crippen molar-refractivity contribution in [3.8, 4) is 0 Å². The van der Waals surface area contributed by atoms with Gasteiger partial charge in [0.25, 0.3) is 0 Å². The summed E-state index contributed by atoms with van der Waals surface area (Å²) in [5.74, 6) is 0. The second-order valence-corrected chi connectivity index (χ2v) is 7.56. The standard InChI is InChI=1S/C15H24N2O3S/c1-11-9-17(10-12(2)20-11)21(18,19)15-7-5-6-14(8-16-4)13(15)3/h5-7,11-12,16H,8-10H2,1-4H3. The molecule has 21 heavy (non-hydrogen) atoms. The van der Waals surface area contributed by atoms with Crippen LogP contribution in [0.4, 0.5) is 0 Å². The van der Waals surface area contributed by atoms with Crippen molar-refractivity contribution in [2.75, 3.05) is 20.1 Å². The monoisotopic (exact) mass is 312 g/mol. The van der Waals surface area contributed by atoms with Crippen LogP contribution in [-0.4, -0.2) is 45.1 Å². The lowest BCUT2D eigenvalue weighted by molar-refractivity contribution is -0.0440. The number of ether oxygens (including phenoxy) is 1. The quantitative estimate of drug-likeness (QED) is 0.915. The smallest absolute Gasteiger partial charge is 0.243 e.